The SMILES string of the molecule is CCOC(=O)C[C@H](C(=O)OCC)[C@H](NC(=O)c1ccccc1)C(N)=O. The second kappa shape index (κ2) is 10.1. The summed E-state index contributed by atoms with van der Waals surface area (Å²) < 4.78 is 9.70. The highest BCUT2D eigenvalue weighted by Gasteiger charge is 2.37. The van der Waals surface area contributed by atoms with Gasteiger partial charge in [-0.2, -0.15) is 0 Å². The Morgan fingerprint density at radius 1 is 1.04 bits per heavy atom. The van der Waals surface area contributed by atoms with Gasteiger partial charge in [-0.25, -0.2) is 0 Å². The molecule has 0 aromatic heterocycles. The maximum absolute atomic E-state index is 12.3. The van der Waals surface area contributed by atoms with Crippen LogP contribution < -0.4 is 11.1 Å². The third-order valence-electron chi connectivity index (χ3n) is 3.31. The molecule has 8 nitrogen and oxygen atoms in total. The van der Waals surface area contributed by atoms with E-state index < -0.39 is 42.1 Å². The standard InChI is InChI=1S/C17H22N2O6/c1-3-24-13(20)10-12(17(23)25-4-2)14(15(18)21)19-16(22)11-8-6-5-7-9-11/h5-9,12,14H,3-4,10H2,1-2H3,(H2,18,21)(H,19,22)/t12-,14-/m0/s1. The van der Waals surface area contributed by atoms with E-state index in [1.165, 1.54) is 12.1 Å². The molecule has 25 heavy (non-hydrogen) atoms. The van der Waals surface area contributed by atoms with Crippen molar-refractivity contribution in [3.05, 3.63) is 35.9 Å². The average molecular weight is 350 g/mol. The predicted molar refractivity (Wildman–Crippen MR) is 88.3 cm³/mol. The molecular weight excluding hydrogens is 328 g/mol. The molecule has 0 spiro atoms. The van der Waals surface area contributed by atoms with Crippen LogP contribution in [0, 0.1) is 5.92 Å². The molecule has 0 heterocycles. The molecule has 0 bridgehead atoms. The van der Waals surface area contributed by atoms with Gasteiger partial charge in [-0.05, 0) is 26.0 Å². The Labute approximate surface area is 145 Å². The van der Waals surface area contributed by atoms with E-state index in [0.29, 0.717) is 0 Å². The summed E-state index contributed by atoms with van der Waals surface area (Å²) in [6.45, 7) is 3.36. The van der Waals surface area contributed by atoms with E-state index in [2.05, 4.69) is 5.32 Å². The first-order valence-corrected chi connectivity index (χ1v) is 7.88. The van der Waals surface area contributed by atoms with Gasteiger partial charge in [0.2, 0.25) is 5.91 Å². The van der Waals surface area contributed by atoms with Crippen molar-refractivity contribution in [3.8, 4) is 0 Å². The van der Waals surface area contributed by atoms with Crippen molar-refractivity contribution < 1.29 is 28.7 Å². The molecule has 8 heteroatoms. The third kappa shape index (κ3) is 6.25. The molecule has 0 unspecified atom stereocenters. The Bertz CT molecular complexity index is 617. The molecule has 3 N–H and O–H groups in total. The van der Waals surface area contributed by atoms with Gasteiger partial charge >= 0.3 is 11.9 Å². The molecule has 2 atom stereocenters. The molecule has 1 rings (SSSR count). The zero-order valence-electron chi connectivity index (χ0n) is 14.2. The number of nitrogens with two attached hydrogens (primary N) is 1. The summed E-state index contributed by atoms with van der Waals surface area (Å²) in [5.41, 5.74) is 5.62. The number of esters is 2. The van der Waals surface area contributed by atoms with Crippen LogP contribution in [0.2, 0.25) is 0 Å². The topological polar surface area (TPSA) is 125 Å². The molecule has 0 radical (unpaired) electrons. The molecular formula is C17H22N2O6. The van der Waals surface area contributed by atoms with Gasteiger partial charge in [0.05, 0.1) is 25.6 Å². The maximum Gasteiger partial charge on any atom is 0.312 e. The van der Waals surface area contributed by atoms with E-state index in [1.54, 1.807) is 32.0 Å². The highest BCUT2D eigenvalue weighted by molar-refractivity contribution is 5.99. The number of amides is 2. The highest BCUT2D eigenvalue weighted by Crippen LogP contribution is 2.14. The van der Waals surface area contributed by atoms with E-state index in [4.69, 9.17) is 15.2 Å². The average Bonchev–Trinajstić information content (AvgIpc) is 2.58. The fourth-order valence-corrected chi connectivity index (χ4v) is 2.17. The van der Waals surface area contributed by atoms with Gasteiger partial charge in [0, 0.05) is 5.56 Å². The number of primary amides is 1. The Morgan fingerprint density at radius 2 is 1.64 bits per heavy atom. The van der Waals surface area contributed by atoms with E-state index in [-0.39, 0.29) is 18.8 Å². The van der Waals surface area contributed by atoms with Crippen LogP contribution in [0.1, 0.15) is 30.6 Å². The Hall–Kier alpha value is -2.90. The van der Waals surface area contributed by atoms with E-state index in [9.17, 15) is 19.2 Å². The normalized spacial score (nSPS) is 12.6. The number of benzene rings is 1. The van der Waals surface area contributed by atoms with E-state index in [0.717, 1.165) is 0 Å². The summed E-state index contributed by atoms with van der Waals surface area (Å²) in [5, 5.41) is 2.40. The first kappa shape index (κ1) is 20.1. The first-order valence-electron chi connectivity index (χ1n) is 7.88. The number of rotatable bonds is 9. The molecule has 136 valence electrons. The van der Waals surface area contributed by atoms with Crippen molar-refractivity contribution >= 4 is 23.8 Å². The summed E-state index contributed by atoms with van der Waals surface area (Å²) >= 11 is 0. The summed E-state index contributed by atoms with van der Waals surface area (Å²) in [6, 6.07) is 6.70. The molecule has 1 aromatic rings. The van der Waals surface area contributed by atoms with Crippen LogP contribution in [-0.4, -0.2) is 43.0 Å². The molecule has 0 aliphatic heterocycles. The fraction of sp³-hybridized carbons (Fsp3) is 0.412. The first-order chi connectivity index (χ1) is 11.9. The van der Waals surface area contributed by atoms with Gasteiger partial charge in [-0.1, -0.05) is 18.2 Å². The zero-order chi connectivity index (χ0) is 18.8. The molecule has 0 saturated carbocycles. The molecule has 0 saturated heterocycles. The lowest BCUT2D eigenvalue weighted by Gasteiger charge is -2.23. The van der Waals surface area contributed by atoms with Crippen molar-refractivity contribution in [2.45, 2.75) is 26.3 Å². The molecule has 2 amide bonds. The Balaban J connectivity index is 3.01. The summed E-state index contributed by atoms with van der Waals surface area (Å²) in [6.07, 6.45) is -0.435. The van der Waals surface area contributed by atoms with Gasteiger partial charge in [-0.15, -0.1) is 0 Å². The third-order valence-corrected chi connectivity index (χ3v) is 3.31. The van der Waals surface area contributed by atoms with Crippen molar-refractivity contribution in [1.82, 2.24) is 5.32 Å². The number of nitrogens with one attached hydrogen (secondary N) is 1. The van der Waals surface area contributed by atoms with Gasteiger partial charge < -0.3 is 20.5 Å². The Kier molecular flexibility index (Phi) is 8.11. The minimum atomic E-state index is -1.41. The lowest BCUT2D eigenvalue weighted by Crippen LogP contribution is -2.52. The van der Waals surface area contributed by atoms with E-state index in [1.807, 2.05) is 0 Å². The number of hydrogen-bond donors (Lipinski definition) is 2. The number of hydrogen-bond acceptors (Lipinski definition) is 6. The predicted octanol–water partition coefficient (Wildman–Crippen LogP) is 0.403. The van der Waals surface area contributed by atoms with Crippen LogP contribution in [0.25, 0.3) is 0 Å². The van der Waals surface area contributed by atoms with Crippen LogP contribution in [0.15, 0.2) is 30.3 Å². The molecule has 0 aliphatic rings. The number of carbonyl (C=O) groups is 4. The van der Waals surface area contributed by atoms with Crippen molar-refractivity contribution in [1.29, 1.82) is 0 Å². The summed E-state index contributed by atoms with van der Waals surface area (Å²) in [5.74, 6) is -4.33. The fourth-order valence-electron chi connectivity index (χ4n) is 2.17. The lowest BCUT2D eigenvalue weighted by molar-refractivity contribution is -0.156. The molecule has 0 aliphatic carbocycles. The highest BCUT2D eigenvalue weighted by atomic mass is 16.5. The summed E-state index contributed by atoms with van der Waals surface area (Å²) in [7, 11) is 0. The van der Waals surface area contributed by atoms with Crippen LogP contribution in [0.3, 0.4) is 0 Å². The van der Waals surface area contributed by atoms with Crippen LogP contribution in [0.5, 0.6) is 0 Å². The number of carbonyl (C=O) groups excluding carboxylic acids is 4. The van der Waals surface area contributed by atoms with Crippen molar-refractivity contribution in [2.75, 3.05) is 13.2 Å². The largest absolute Gasteiger partial charge is 0.466 e. The van der Waals surface area contributed by atoms with E-state index >= 15 is 0 Å². The second-order valence-corrected chi connectivity index (χ2v) is 5.09. The summed E-state index contributed by atoms with van der Waals surface area (Å²) in [4.78, 5) is 48.0. The van der Waals surface area contributed by atoms with Crippen LogP contribution in [0.4, 0.5) is 0 Å². The van der Waals surface area contributed by atoms with Crippen molar-refractivity contribution in [2.24, 2.45) is 11.7 Å². The smallest absolute Gasteiger partial charge is 0.312 e. The van der Waals surface area contributed by atoms with Crippen molar-refractivity contribution in [3.63, 3.8) is 0 Å². The van der Waals surface area contributed by atoms with Gasteiger partial charge in [0.15, 0.2) is 0 Å². The Morgan fingerprint density at radius 3 is 2.16 bits per heavy atom. The second-order valence-electron chi connectivity index (χ2n) is 5.09. The monoisotopic (exact) mass is 350 g/mol. The van der Waals surface area contributed by atoms with Gasteiger partial charge in [-0.3, -0.25) is 19.2 Å². The van der Waals surface area contributed by atoms with Gasteiger partial charge in [0.25, 0.3) is 5.91 Å². The minimum absolute atomic E-state index is 0.0519. The van der Waals surface area contributed by atoms with Gasteiger partial charge in [0.1, 0.15) is 6.04 Å². The zero-order valence-corrected chi connectivity index (χ0v) is 14.2. The maximum atomic E-state index is 12.3. The number of ether oxygens (including phenoxy) is 2. The van der Waals surface area contributed by atoms with Crippen LogP contribution in [-0.2, 0) is 23.9 Å². The minimum Gasteiger partial charge on any atom is -0.466 e. The van der Waals surface area contributed by atoms with Crippen LogP contribution >= 0.6 is 0 Å². The molecule has 1 aromatic carbocycles. The molecule has 0 fully saturated rings. The quantitative estimate of drug-likeness (QED) is 0.621. The lowest BCUT2D eigenvalue weighted by atomic mass is 9.95.